The van der Waals surface area contributed by atoms with Crippen molar-refractivity contribution in [2.45, 2.75) is 25.4 Å². The van der Waals surface area contributed by atoms with Crippen molar-refractivity contribution >= 4 is 5.91 Å². The first-order valence-electron chi connectivity index (χ1n) is 3.59. The molecule has 1 aliphatic carbocycles. The lowest BCUT2D eigenvalue weighted by Gasteiger charge is -2.03. The fourth-order valence-corrected chi connectivity index (χ4v) is 0.910. The Morgan fingerprint density at radius 3 is 2.80 bits per heavy atom. The lowest BCUT2D eigenvalue weighted by molar-refractivity contribution is -0.125. The Hall–Kier alpha value is -0.600. The Morgan fingerprint density at radius 1 is 1.80 bits per heavy atom. The van der Waals surface area contributed by atoms with Gasteiger partial charge in [0.1, 0.15) is 0 Å². The average molecular weight is 145 g/mol. The van der Waals surface area contributed by atoms with Gasteiger partial charge in [0.2, 0.25) is 0 Å². The van der Waals surface area contributed by atoms with Crippen LogP contribution in [0.25, 0.3) is 0 Å². The monoisotopic (exact) mass is 145 g/mol. The maximum absolute atomic E-state index is 12.7. The molecule has 1 rings (SSSR count). The van der Waals surface area contributed by atoms with E-state index < -0.39 is 12.1 Å². The van der Waals surface area contributed by atoms with E-state index in [1.54, 1.807) is 0 Å². The van der Waals surface area contributed by atoms with Crippen LogP contribution in [0, 0.1) is 5.92 Å². The SMILES string of the molecule is CNC(=O)[C@H](F)CC1CC1. The molecule has 0 saturated heterocycles. The summed E-state index contributed by atoms with van der Waals surface area (Å²) in [6.45, 7) is 0. The summed E-state index contributed by atoms with van der Waals surface area (Å²) in [6.07, 6.45) is 1.33. The van der Waals surface area contributed by atoms with Crippen LogP contribution in [0.5, 0.6) is 0 Å². The van der Waals surface area contributed by atoms with Crippen molar-refractivity contribution < 1.29 is 9.18 Å². The normalized spacial score (nSPS) is 20.2. The zero-order valence-electron chi connectivity index (χ0n) is 6.06. The van der Waals surface area contributed by atoms with Gasteiger partial charge in [-0.3, -0.25) is 4.79 Å². The van der Waals surface area contributed by atoms with Crippen LogP contribution in [0.1, 0.15) is 19.3 Å². The van der Waals surface area contributed by atoms with Gasteiger partial charge in [-0.05, 0) is 12.3 Å². The molecule has 1 fully saturated rings. The van der Waals surface area contributed by atoms with E-state index in [0.29, 0.717) is 12.3 Å². The number of rotatable bonds is 3. The Balaban J connectivity index is 2.18. The van der Waals surface area contributed by atoms with Gasteiger partial charge in [0.15, 0.2) is 6.17 Å². The van der Waals surface area contributed by atoms with E-state index in [-0.39, 0.29) is 0 Å². The molecule has 0 bridgehead atoms. The number of hydrogen-bond donors (Lipinski definition) is 1. The van der Waals surface area contributed by atoms with Crippen LogP contribution < -0.4 is 5.32 Å². The first-order valence-corrected chi connectivity index (χ1v) is 3.59. The summed E-state index contributed by atoms with van der Waals surface area (Å²) in [5.74, 6) is -0.000741. The van der Waals surface area contributed by atoms with Crippen molar-refractivity contribution in [3.8, 4) is 0 Å². The maximum atomic E-state index is 12.7. The van der Waals surface area contributed by atoms with Gasteiger partial charge < -0.3 is 5.32 Å². The molecule has 58 valence electrons. The summed E-state index contributed by atoms with van der Waals surface area (Å²) in [4.78, 5) is 10.6. The molecule has 1 N–H and O–H groups in total. The van der Waals surface area contributed by atoms with Gasteiger partial charge in [0.25, 0.3) is 5.91 Å². The minimum atomic E-state index is -1.28. The second-order valence-corrected chi connectivity index (χ2v) is 2.76. The molecular formula is C7H12FNO. The van der Waals surface area contributed by atoms with E-state index in [1.165, 1.54) is 7.05 Å². The summed E-state index contributed by atoms with van der Waals surface area (Å²) >= 11 is 0. The molecule has 0 aromatic heterocycles. The molecule has 1 saturated carbocycles. The highest BCUT2D eigenvalue weighted by molar-refractivity contribution is 5.80. The third kappa shape index (κ3) is 1.97. The van der Waals surface area contributed by atoms with Crippen molar-refractivity contribution in [3.63, 3.8) is 0 Å². The zero-order valence-corrected chi connectivity index (χ0v) is 6.06. The summed E-state index contributed by atoms with van der Waals surface area (Å²) in [7, 11) is 1.46. The lowest BCUT2D eigenvalue weighted by atomic mass is 10.2. The maximum Gasteiger partial charge on any atom is 0.254 e. The number of carbonyl (C=O) groups is 1. The van der Waals surface area contributed by atoms with Crippen molar-refractivity contribution in [1.29, 1.82) is 0 Å². The molecule has 0 spiro atoms. The standard InChI is InChI=1S/C7H12FNO/c1-9-7(10)6(8)4-5-2-3-5/h5-6H,2-4H2,1H3,(H,9,10)/t6-/m1/s1. The molecule has 3 heteroatoms. The van der Waals surface area contributed by atoms with Crippen molar-refractivity contribution in [3.05, 3.63) is 0 Å². The molecule has 0 heterocycles. The van der Waals surface area contributed by atoms with Crippen molar-refractivity contribution in [2.75, 3.05) is 7.05 Å². The molecule has 0 unspecified atom stereocenters. The summed E-state index contributed by atoms with van der Waals surface area (Å²) in [5, 5.41) is 2.28. The minimum Gasteiger partial charge on any atom is -0.357 e. The Morgan fingerprint density at radius 2 is 2.40 bits per heavy atom. The summed E-state index contributed by atoms with van der Waals surface area (Å²) < 4.78 is 12.7. The summed E-state index contributed by atoms with van der Waals surface area (Å²) in [5.41, 5.74) is 0. The van der Waals surface area contributed by atoms with E-state index >= 15 is 0 Å². The quantitative estimate of drug-likeness (QED) is 0.627. The molecule has 0 aliphatic heterocycles. The molecule has 0 radical (unpaired) electrons. The Kier molecular flexibility index (Phi) is 2.25. The Labute approximate surface area is 59.8 Å². The van der Waals surface area contributed by atoms with Gasteiger partial charge >= 0.3 is 0 Å². The van der Waals surface area contributed by atoms with Crippen LogP contribution in [-0.4, -0.2) is 19.1 Å². The van der Waals surface area contributed by atoms with Crippen molar-refractivity contribution in [2.24, 2.45) is 5.92 Å². The zero-order chi connectivity index (χ0) is 7.56. The van der Waals surface area contributed by atoms with Gasteiger partial charge in [-0.2, -0.15) is 0 Å². The van der Waals surface area contributed by atoms with E-state index in [0.717, 1.165) is 12.8 Å². The third-order valence-electron chi connectivity index (χ3n) is 1.77. The highest BCUT2D eigenvalue weighted by Crippen LogP contribution is 2.34. The van der Waals surface area contributed by atoms with Crippen LogP contribution in [0.2, 0.25) is 0 Å². The second-order valence-electron chi connectivity index (χ2n) is 2.76. The first kappa shape index (κ1) is 7.51. The van der Waals surface area contributed by atoms with Crippen LogP contribution in [-0.2, 0) is 4.79 Å². The van der Waals surface area contributed by atoms with Gasteiger partial charge in [-0.15, -0.1) is 0 Å². The van der Waals surface area contributed by atoms with Gasteiger partial charge in [-0.25, -0.2) is 4.39 Å². The second kappa shape index (κ2) is 2.99. The number of carbonyl (C=O) groups excluding carboxylic acids is 1. The van der Waals surface area contributed by atoms with Gasteiger partial charge in [-0.1, -0.05) is 12.8 Å². The van der Waals surface area contributed by atoms with Crippen LogP contribution in [0.15, 0.2) is 0 Å². The summed E-state index contributed by atoms with van der Waals surface area (Å²) in [6, 6.07) is 0. The number of amides is 1. The third-order valence-corrected chi connectivity index (χ3v) is 1.77. The van der Waals surface area contributed by atoms with E-state index in [9.17, 15) is 9.18 Å². The van der Waals surface area contributed by atoms with Gasteiger partial charge in [0.05, 0.1) is 0 Å². The van der Waals surface area contributed by atoms with E-state index in [4.69, 9.17) is 0 Å². The molecule has 0 aromatic carbocycles. The molecule has 1 amide bonds. The molecule has 0 aromatic rings. The minimum absolute atomic E-state index is 0.416. The molecular weight excluding hydrogens is 133 g/mol. The van der Waals surface area contributed by atoms with Gasteiger partial charge in [0, 0.05) is 7.05 Å². The first-order chi connectivity index (χ1) is 4.74. The van der Waals surface area contributed by atoms with Crippen LogP contribution in [0.4, 0.5) is 4.39 Å². The van der Waals surface area contributed by atoms with E-state index in [1.807, 2.05) is 0 Å². The van der Waals surface area contributed by atoms with Crippen molar-refractivity contribution in [1.82, 2.24) is 5.32 Å². The Bertz CT molecular complexity index is 134. The highest BCUT2D eigenvalue weighted by atomic mass is 19.1. The highest BCUT2D eigenvalue weighted by Gasteiger charge is 2.28. The molecule has 2 nitrogen and oxygen atoms in total. The smallest absolute Gasteiger partial charge is 0.254 e. The van der Waals surface area contributed by atoms with E-state index in [2.05, 4.69) is 5.32 Å². The number of hydrogen-bond acceptors (Lipinski definition) is 1. The number of halogens is 1. The van der Waals surface area contributed by atoms with Crippen LogP contribution in [0.3, 0.4) is 0 Å². The molecule has 10 heavy (non-hydrogen) atoms. The number of nitrogens with one attached hydrogen (secondary N) is 1. The molecule has 1 aliphatic rings. The topological polar surface area (TPSA) is 29.1 Å². The van der Waals surface area contributed by atoms with Crippen LogP contribution >= 0.6 is 0 Å². The lowest BCUT2D eigenvalue weighted by Crippen LogP contribution is -2.28. The predicted molar refractivity (Wildman–Crippen MR) is 36.3 cm³/mol. The predicted octanol–water partition coefficient (Wildman–Crippen LogP) is 0.871. The average Bonchev–Trinajstić information content (AvgIpc) is 2.70. The largest absolute Gasteiger partial charge is 0.357 e. The fraction of sp³-hybridized carbons (Fsp3) is 0.857. The number of alkyl halides is 1. The fourth-order valence-electron chi connectivity index (χ4n) is 0.910. The molecule has 1 atom stereocenters.